The van der Waals surface area contributed by atoms with Crippen molar-refractivity contribution in [3.8, 4) is 0 Å². The fourth-order valence-electron chi connectivity index (χ4n) is 1.20. The van der Waals surface area contributed by atoms with Gasteiger partial charge in [0.05, 0.1) is 15.7 Å². The topological polar surface area (TPSA) is 29.1 Å². The summed E-state index contributed by atoms with van der Waals surface area (Å²) in [5.41, 5.74) is 0. The first-order valence-corrected chi connectivity index (χ1v) is 6.61. The first-order chi connectivity index (χ1) is 6.14. The van der Waals surface area contributed by atoms with E-state index >= 15 is 0 Å². The van der Waals surface area contributed by atoms with E-state index in [1.807, 2.05) is 27.7 Å². The molecule has 0 radical (unpaired) electrons. The Morgan fingerprint density at radius 1 is 1.50 bits per heavy atom. The predicted molar refractivity (Wildman–Crippen MR) is 63.0 cm³/mol. The van der Waals surface area contributed by atoms with E-state index in [0.29, 0.717) is 0 Å². The second-order valence-electron chi connectivity index (χ2n) is 4.86. The van der Waals surface area contributed by atoms with Crippen molar-refractivity contribution in [3.05, 3.63) is 0 Å². The van der Waals surface area contributed by atoms with Gasteiger partial charge >= 0.3 is 0 Å². The van der Waals surface area contributed by atoms with Crippen molar-refractivity contribution in [2.24, 2.45) is 5.92 Å². The maximum absolute atomic E-state index is 11.7. The summed E-state index contributed by atoms with van der Waals surface area (Å²) < 4.78 is 13.9. The van der Waals surface area contributed by atoms with E-state index in [9.17, 15) is 4.21 Å². The molecule has 2 nitrogen and oxygen atoms in total. The highest BCUT2D eigenvalue weighted by Gasteiger charge is 2.54. The second-order valence-corrected chi connectivity index (χ2v) is 8.40. The van der Waals surface area contributed by atoms with Crippen molar-refractivity contribution in [1.29, 1.82) is 0 Å². The van der Waals surface area contributed by atoms with Crippen molar-refractivity contribution >= 4 is 34.2 Å². The average molecular weight is 258 g/mol. The number of nitrogens with one attached hydrogen (secondary N) is 1. The molecule has 0 heterocycles. The molecule has 0 spiro atoms. The molecule has 84 valence electrons. The first-order valence-electron chi connectivity index (χ1n) is 4.70. The number of alkyl halides is 2. The van der Waals surface area contributed by atoms with Crippen molar-refractivity contribution in [3.63, 3.8) is 0 Å². The standard InChI is InChI=1S/C9H17Cl2NOS/c1-6(7-5-9(7,10)11)12-14(13)8(2,3)4/h6-7,12H,5H2,1-4H3. The van der Waals surface area contributed by atoms with Crippen LogP contribution in [0, 0.1) is 5.92 Å². The summed E-state index contributed by atoms with van der Waals surface area (Å²) in [6.45, 7) is 7.78. The fourth-order valence-corrected chi connectivity index (χ4v) is 2.77. The van der Waals surface area contributed by atoms with E-state index in [-0.39, 0.29) is 16.7 Å². The number of rotatable bonds is 3. The highest BCUT2D eigenvalue weighted by atomic mass is 35.5. The van der Waals surface area contributed by atoms with Crippen LogP contribution in [-0.2, 0) is 11.0 Å². The van der Waals surface area contributed by atoms with Crippen LogP contribution in [0.1, 0.15) is 34.1 Å². The lowest BCUT2D eigenvalue weighted by atomic mass is 10.2. The molecule has 1 rings (SSSR count). The molecule has 1 saturated carbocycles. The molecule has 5 heteroatoms. The van der Waals surface area contributed by atoms with Crippen LogP contribution in [0.25, 0.3) is 0 Å². The van der Waals surface area contributed by atoms with Gasteiger partial charge in [0, 0.05) is 12.0 Å². The summed E-state index contributed by atoms with van der Waals surface area (Å²) in [6, 6.07) is 0.102. The van der Waals surface area contributed by atoms with Gasteiger partial charge in [0.2, 0.25) is 0 Å². The minimum Gasteiger partial charge on any atom is -0.242 e. The van der Waals surface area contributed by atoms with Crippen molar-refractivity contribution < 1.29 is 4.21 Å². The molecule has 1 aliphatic carbocycles. The van der Waals surface area contributed by atoms with Gasteiger partial charge in [-0.15, -0.1) is 23.2 Å². The lowest BCUT2D eigenvalue weighted by molar-refractivity contribution is 0.565. The SMILES string of the molecule is CC(NS(=O)C(C)(C)C)C1CC1(Cl)Cl. The van der Waals surface area contributed by atoms with Crippen LogP contribution in [-0.4, -0.2) is 19.3 Å². The largest absolute Gasteiger partial charge is 0.242 e. The molecule has 1 aliphatic rings. The summed E-state index contributed by atoms with van der Waals surface area (Å²) in [6.07, 6.45) is 0.783. The van der Waals surface area contributed by atoms with E-state index in [4.69, 9.17) is 23.2 Å². The predicted octanol–water partition coefficient (Wildman–Crippen LogP) is 2.62. The molecule has 0 aromatic heterocycles. The normalized spacial score (nSPS) is 29.7. The molecule has 14 heavy (non-hydrogen) atoms. The smallest absolute Gasteiger partial charge is 0.123 e. The molecule has 3 atom stereocenters. The molecule has 0 aromatic carbocycles. The minimum atomic E-state index is -1.05. The van der Waals surface area contributed by atoms with Crippen molar-refractivity contribution in [2.75, 3.05) is 0 Å². The minimum absolute atomic E-state index is 0.102. The fraction of sp³-hybridized carbons (Fsp3) is 1.00. The molecule has 0 amide bonds. The third-order valence-electron chi connectivity index (χ3n) is 2.33. The molecule has 0 aliphatic heterocycles. The Morgan fingerprint density at radius 2 is 1.93 bits per heavy atom. The van der Waals surface area contributed by atoms with Gasteiger partial charge in [-0.3, -0.25) is 0 Å². The zero-order valence-electron chi connectivity index (χ0n) is 8.93. The van der Waals surface area contributed by atoms with E-state index in [0.717, 1.165) is 6.42 Å². The second kappa shape index (κ2) is 3.93. The molecule has 1 N–H and O–H groups in total. The zero-order valence-corrected chi connectivity index (χ0v) is 11.3. The molecule has 0 bridgehead atoms. The number of hydrogen-bond acceptors (Lipinski definition) is 1. The van der Waals surface area contributed by atoms with E-state index in [2.05, 4.69) is 4.72 Å². The molecule has 3 unspecified atom stereocenters. The van der Waals surface area contributed by atoms with Gasteiger partial charge in [-0.2, -0.15) is 0 Å². The Bertz CT molecular complexity index is 250. The summed E-state index contributed by atoms with van der Waals surface area (Å²) in [7, 11) is -1.05. The van der Waals surface area contributed by atoms with Crippen LogP contribution in [0.4, 0.5) is 0 Å². The van der Waals surface area contributed by atoms with E-state index in [1.165, 1.54) is 0 Å². The Kier molecular flexibility index (Phi) is 3.58. The van der Waals surface area contributed by atoms with Gasteiger partial charge in [-0.25, -0.2) is 8.93 Å². The van der Waals surface area contributed by atoms with Crippen LogP contribution in [0.3, 0.4) is 0 Å². The van der Waals surface area contributed by atoms with Crippen molar-refractivity contribution in [1.82, 2.24) is 4.72 Å². The molecule has 0 saturated heterocycles. The van der Waals surface area contributed by atoms with Gasteiger partial charge in [0.15, 0.2) is 0 Å². The summed E-state index contributed by atoms with van der Waals surface area (Å²) in [5, 5.41) is 0. The van der Waals surface area contributed by atoms with Gasteiger partial charge < -0.3 is 0 Å². The number of hydrogen-bond donors (Lipinski definition) is 1. The Morgan fingerprint density at radius 3 is 2.21 bits per heavy atom. The lowest BCUT2D eigenvalue weighted by Crippen LogP contribution is -2.40. The van der Waals surface area contributed by atoms with Gasteiger partial charge in [0.25, 0.3) is 0 Å². The molecule has 1 fully saturated rings. The maximum Gasteiger partial charge on any atom is 0.123 e. The summed E-state index contributed by atoms with van der Waals surface area (Å²) in [4.78, 5) is 0. The lowest BCUT2D eigenvalue weighted by Gasteiger charge is -2.22. The Hall–Kier alpha value is 0.690. The van der Waals surface area contributed by atoms with Crippen LogP contribution in [0.2, 0.25) is 0 Å². The van der Waals surface area contributed by atoms with Crippen LogP contribution >= 0.6 is 23.2 Å². The quantitative estimate of drug-likeness (QED) is 0.775. The third kappa shape index (κ3) is 3.09. The highest BCUT2D eigenvalue weighted by molar-refractivity contribution is 7.84. The monoisotopic (exact) mass is 257 g/mol. The maximum atomic E-state index is 11.7. The van der Waals surface area contributed by atoms with Crippen LogP contribution in [0.15, 0.2) is 0 Å². The Labute approximate surface area is 98.3 Å². The first kappa shape index (κ1) is 12.8. The third-order valence-corrected chi connectivity index (χ3v) is 4.89. The molecular formula is C9H17Cl2NOS. The Balaban J connectivity index is 2.43. The highest BCUT2D eigenvalue weighted by Crippen LogP contribution is 2.54. The molecular weight excluding hydrogens is 241 g/mol. The van der Waals surface area contributed by atoms with Crippen molar-refractivity contribution in [2.45, 2.75) is 49.2 Å². The van der Waals surface area contributed by atoms with E-state index in [1.54, 1.807) is 0 Å². The van der Waals surface area contributed by atoms with Crippen LogP contribution in [0.5, 0.6) is 0 Å². The van der Waals surface area contributed by atoms with Gasteiger partial charge in [-0.05, 0) is 34.1 Å². The average Bonchev–Trinajstić information content (AvgIpc) is 2.57. The summed E-state index contributed by atoms with van der Waals surface area (Å²) in [5.74, 6) is 0.220. The van der Waals surface area contributed by atoms with E-state index < -0.39 is 15.3 Å². The summed E-state index contributed by atoms with van der Waals surface area (Å²) >= 11 is 11.9. The van der Waals surface area contributed by atoms with Crippen LogP contribution < -0.4 is 4.72 Å². The molecule has 0 aromatic rings. The zero-order chi connectivity index (χ0) is 11.1. The van der Waals surface area contributed by atoms with Gasteiger partial charge in [0.1, 0.15) is 4.33 Å². The van der Waals surface area contributed by atoms with Gasteiger partial charge in [-0.1, -0.05) is 0 Å². The number of halogens is 2.